The molecule has 0 amide bonds. The molecule has 1 unspecified atom stereocenters. The van der Waals surface area contributed by atoms with Crippen LogP contribution in [-0.2, 0) is 0 Å². The highest BCUT2D eigenvalue weighted by Crippen LogP contribution is 2.17. The van der Waals surface area contributed by atoms with Gasteiger partial charge in [-0.1, -0.05) is 11.6 Å². The Hall–Kier alpha value is -0.600. The predicted octanol–water partition coefficient (Wildman–Crippen LogP) is 2.10. The van der Waals surface area contributed by atoms with Crippen molar-refractivity contribution in [2.24, 2.45) is 0 Å². The zero-order valence-corrected chi connectivity index (χ0v) is 7.26. The van der Waals surface area contributed by atoms with Gasteiger partial charge in [0.05, 0.1) is 16.8 Å². The van der Waals surface area contributed by atoms with Gasteiger partial charge in [-0.3, -0.25) is 4.98 Å². The molecule has 0 aliphatic heterocycles. The van der Waals surface area contributed by atoms with Crippen molar-refractivity contribution in [3.05, 3.63) is 28.5 Å². The molecule has 11 heavy (non-hydrogen) atoms. The van der Waals surface area contributed by atoms with E-state index in [-0.39, 0.29) is 0 Å². The van der Waals surface area contributed by atoms with Crippen molar-refractivity contribution in [2.75, 3.05) is 0 Å². The van der Waals surface area contributed by atoms with Crippen molar-refractivity contribution < 1.29 is 5.11 Å². The number of pyridine rings is 1. The summed E-state index contributed by atoms with van der Waals surface area (Å²) in [5.74, 6) is 0. The summed E-state index contributed by atoms with van der Waals surface area (Å²) in [5, 5.41) is 9.79. The first-order valence-corrected chi connectivity index (χ1v) is 3.79. The predicted molar refractivity (Wildman–Crippen MR) is 44.6 cm³/mol. The van der Waals surface area contributed by atoms with Crippen LogP contribution in [0.25, 0.3) is 0 Å². The zero-order chi connectivity index (χ0) is 8.43. The third-order valence-corrected chi connectivity index (χ3v) is 1.69. The van der Waals surface area contributed by atoms with Crippen LogP contribution in [0.4, 0.5) is 0 Å². The molecule has 1 heterocycles. The minimum Gasteiger partial charge on any atom is -0.387 e. The van der Waals surface area contributed by atoms with Crippen LogP contribution in [0.2, 0.25) is 5.02 Å². The van der Waals surface area contributed by atoms with Gasteiger partial charge in [0, 0.05) is 6.20 Å². The lowest BCUT2D eigenvalue weighted by Crippen LogP contribution is -1.97. The van der Waals surface area contributed by atoms with E-state index in [1.165, 1.54) is 6.20 Å². The molecule has 1 atom stereocenters. The summed E-state index contributed by atoms with van der Waals surface area (Å²) in [4.78, 5) is 4.00. The monoisotopic (exact) mass is 171 g/mol. The summed E-state index contributed by atoms with van der Waals surface area (Å²) in [6.07, 6.45) is 1.02. The van der Waals surface area contributed by atoms with E-state index in [1.54, 1.807) is 13.0 Å². The third-order valence-electron chi connectivity index (χ3n) is 1.48. The molecule has 60 valence electrons. The van der Waals surface area contributed by atoms with Gasteiger partial charge in [0.15, 0.2) is 0 Å². The summed E-state index contributed by atoms with van der Waals surface area (Å²) in [6, 6.07) is 1.79. The number of aryl methyl sites for hydroxylation is 1. The second-order valence-electron chi connectivity index (χ2n) is 2.53. The van der Waals surface area contributed by atoms with E-state index in [0.717, 1.165) is 5.56 Å². The lowest BCUT2D eigenvalue weighted by molar-refractivity contribution is 0.193. The smallest absolute Gasteiger partial charge is 0.0934 e. The SMILES string of the molecule is Cc1cc(Cl)cnc1C(C)O. The van der Waals surface area contributed by atoms with Gasteiger partial charge in [-0.25, -0.2) is 0 Å². The summed E-state index contributed by atoms with van der Waals surface area (Å²) in [5.41, 5.74) is 1.61. The van der Waals surface area contributed by atoms with Crippen molar-refractivity contribution in [3.63, 3.8) is 0 Å². The number of halogens is 1. The molecule has 0 spiro atoms. The summed E-state index contributed by atoms with van der Waals surface area (Å²) >= 11 is 5.68. The van der Waals surface area contributed by atoms with Gasteiger partial charge < -0.3 is 5.11 Å². The van der Waals surface area contributed by atoms with E-state index in [9.17, 15) is 5.11 Å². The molecule has 0 radical (unpaired) electrons. The zero-order valence-electron chi connectivity index (χ0n) is 6.50. The molecular weight excluding hydrogens is 162 g/mol. The first kappa shape index (κ1) is 8.50. The van der Waals surface area contributed by atoms with E-state index >= 15 is 0 Å². The van der Waals surface area contributed by atoms with Gasteiger partial charge in [-0.2, -0.15) is 0 Å². The van der Waals surface area contributed by atoms with Crippen molar-refractivity contribution in [1.82, 2.24) is 4.98 Å². The highest BCUT2D eigenvalue weighted by Gasteiger charge is 2.05. The van der Waals surface area contributed by atoms with Crippen LogP contribution >= 0.6 is 11.6 Å². The van der Waals surface area contributed by atoms with Crippen LogP contribution in [0.15, 0.2) is 12.3 Å². The van der Waals surface area contributed by atoms with Crippen LogP contribution in [0.3, 0.4) is 0 Å². The second-order valence-corrected chi connectivity index (χ2v) is 2.97. The average Bonchev–Trinajstić information content (AvgIpc) is 1.85. The van der Waals surface area contributed by atoms with E-state index in [1.807, 2.05) is 6.92 Å². The minimum atomic E-state index is -0.521. The Kier molecular flexibility index (Phi) is 2.47. The number of aliphatic hydroxyl groups is 1. The van der Waals surface area contributed by atoms with Gasteiger partial charge in [-0.15, -0.1) is 0 Å². The molecule has 1 N–H and O–H groups in total. The van der Waals surface area contributed by atoms with Gasteiger partial charge in [0.2, 0.25) is 0 Å². The molecule has 1 rings (SSSR count). The number of nitrogens with zero attached hydrogens (tertiary/aromatic N) is 1. The molecule has 1 aromatic heterocycles. The van der Waals surface area contributed by atoms with E-state index in [4.69, 9.17) is 11.6 Å². The highest BCUT2D eigenvalue weighted by molar-refractivity contribution is 6.30. The third kappa shape index (κ3) is 1.91. The Bertz CT molecular complexity index is 260. The van der Waals surface area contributed by atoms with E-state index in [2.05, 4.69) is 4.98 Å². The van der Waals surface area contributed by atoms with Crippen molar-refractivity contribution >= 4 is 11.6 Å². The number of hydrogen-bond acceptors (Lipinski definition) is 2. The fourth-order valence-electron chi connectivity index (χ4n) is 0.988. The minimum absolute atomic E-state index is 0.521. The van der Waals surface area contributed by atoms with Crippen LogP contribution in [0.1, 0.15) is 24.3 Å². The van der Waals surface area contributed by atoms with Gasteiger partial charge in [0.1, 0.15) is 0 Å². The van der Waals surface area contributed by atoms with Crippen LogP contribution in [0, 0.1) is 6.92 Å². The lowest BCUT2D eigenvalue weighted by atomic mass is 10.1. The highest BCUT2D eigenvalue weighted by atomic mass is 35.5. The van der Waals surface area contributed by atoms with Crippen LogP contribution in [0.5, 0.6) is 0 Å². The second kappa shape index (κ2) is 3.20. The van der Waals surface area contributed by atoms with E-state index < -0.39 is 6.10 Å². The van der Waals surface area contributed by atoms with Crippen LogP contribution < -0.4 is 0 Å². The summed E-state index contributed by atoms with van der Waals surface area (Å²) < 4.78 is 0. The molecule has 2 nitrogen and oxygen atoms in total. The molecule has 0 saturated carbocycles. The lowest BCUT2D eigenvalue weighted by Gasteiger charge is -2.06. The largest absolute Gasteiger partial charge is 0.387 e. The Balaban J connectivity index is 3.09. The number of aliphatic hydroxyl groups excluding tert-OH is 1. The number of rotatable bonds is 1. The van der Waals surface area contributed by atoms with Crippen LogP contribution in [-0.4, -0.2) is 10.1 Å². The Morgan fingerprint density at radius 2 is 2.27 bits per heavy atom. The normalized spacial score (nSPS) is 13.1. The van der Waals surface area contributed by atoms with E-state index in [0.29, 0.717) is 10.7 Å². The number of hydrogen-bond donors (Lipinski definition) is 1. The maximum absolute atomic E-state index is 9.19. The van der Waals surface area contributed by atoms with Gasteiger partial charge in [0.25, 0.3) is 0 Å². The summed E-state index contributed by atoms with van der Waals surface area (Å²) in [6.45, 7) is 3.56. The molecule has 0 aliphatic carbocycles. The maximum atomic E-state index is 9.19. The van der Waals surface area contributed by atoms with Crippen molar-refractivity contribution in [2.45, 2.75) is 20.0 Å². The molecule has 0 fully saturated rings. The standard InChI is InChI=1S/C8H10ClNO/c1-5-3-7(9)4-10-8(5)6(2)11/h3-4,6,11H,1-2H3. The molecule has 3 heteroatoms. The molecule has 1 aromatic rings. The quantitative estimate of drug-likeness (QED) is 0.702. The Labute approximate surface area is 70.8 Å². The first-order chi connectivity index (χ1) is 5.11. The van der Waals surface area contributed by atoms with Gasteiger partial charge in [-0.05, 0) is 25.5 Å². The average molecular weight is 172 g/mol. The molecule has 0 saturated heterocycles. The van der Waals surface area contributed by atoms with Gasteiger partial charge >= 0.3 is 0 Å². The summed E-state index contributed by atoms with van der Waals surface area (Å²) in [7, 11) is 0. The molecule has 0 aliphatic rings. The fourth-order valence-corrected chi connectivity index (χ4v) is 1.20. The Morgan fingerprint density at radius 3 is 2.73 bits per heavy atom. The molecule has 0 bridgehead atoms. The van der Waals surface area contributed by atoms with Crippen molar-refractivity contribution in [3.8, 4) is 0 Å². The topological polar surface area (TPSA) is 33.1 Å². The van der Waals surface area contributed by atoms with Crippen molar-refractivity contribution in [1.29, 1.82) is 0 Å². The molecular formula is C8H10ClNO. The Morgan fingerprint density at radius 1 is 1.64 bits per heavy atom. The first-order valence-electron chi connectivity index (χ1n) is 3.41. The fraction of sp³-hybridized carbons (Fsp3) is 0.375. The number of aromatic nitrogens is 1. The molecule has 0 aromatic carbocycles. The maximum Gasteiger partial charge on any atom is 0.0934 e.